The Balaban J connectivity index is 1.80. The van der Waals surface area contributed by atoms with Gasteiger partial charge in [-0.15, -0.1) is 0 Å². The minimum absolute atomic E-state index is 0.558. The van der Waals surface area contributed by atoms with Gasteiger partial charge in [-0.25, -0.2) is 4.98 Å². The molecule has 1 N–H and O–H groups in total. The minimum atomic E-state index is 0.558. The van der Waals surface area contributed by atoms with E-state index >= 15 is 0 Å². The van der Waals surface area contributed by atoms with Gasteiger partial charge in [0.15, 0.2) is 0 Å². The third-order valence-corrected chi connectivity index (χ3v) is 3.38. The van der Waals surface area contributed by atoms with E-state index in [1.54, 1.807) is 0 Å². The fraction of sp³-hybridized carbons (Fsp3) is 0.706. The Hall–Kier alpha value is -1.13. The number of hydrogen-bond acceptors (Lipinski definition) is 4. The number of nitrogens with zero attached hydrogens (tertiary/aromatic N) is 1. The lowest BCUT2D eigenvalue weighted by atomic mass is 10.2. The van der Waals surface area contributed by atoms with E-state index in [0.29, 0.717) is 19.1 Å². The topological polar surface area (TPSA) is 43.4 Å². The lowest BCUT2D eigenvalue weighted by Gasteiger charge is -2.11. The van der Waals surface area contributed by atoms with Crippen LogP contribution in [0.2, 0.25) is 0 Å². The van der Waals surface area contributed by atoms with Crippen molar-refractivity contribution in [2.75, 3.05) is 19.8 Å². The van der Waals surface area contributed by atoms with E-state index < -0.39 is 0 Å². The molecule has 0 spiro atoms. The number of hydrogen-bond donors (Lipinski definition) is 1. The maximum Gasteiger partial charge on any atom is 0.213 e. The van der Waals surface area contributed by atoms with Crippen LogP contribution in [0.1, 0.15) is 44.9 Å². The Bertz CT molecular complexity index is 431. The molecule has 0 aromatic carbocycles. The van der Waals surface area contributed by atoms with Crippen molar-refractivity contribution in [3.05, 3.63) is 23.4 Å². The summed E-state index contributed by atoms with van der Waals surface area (Å²) in [5.74, 6) is 1.28. The van der Waals surface area contributed by atoms with Crippen LogP contribution < -0.4 is 10.1 Å². The molecule has 1 saturated carbocycles. The first-order chi connectivity index (χ1) is 10.2. The Kier molecular flexibility index (Phi) is 6.46. The number of aromatic nitrogens is 1. The van der Waals surface area contributed by atoms with Crippen LogP contribution in [-0.2, 0) is 17.7 Å². The fourth-order valence-corrected chi connectivity index (χ4v) is 2.05. The van der Waals surface area contributed by atoms with Gasteiger partial charge in [0.05, 0.1) is 6.61 Å². The van der Waals surface area contributed by atoms with Gasteiger partial charge in [-0.3, -0.25) is 0 Å². The first-order valence-electron chi connectivity index (χ1n) is 8.11. The third-order valence-electron chi connectivity index (χ3n) is 3.38. The van der Waals surface area contributed by atoms with Crippen molar-refractivity contribution in [3.63, 3.8) is 0 Å². The second-order valence-electron chi connectivity index (χ2n) is 6.13. The molecule has 1 heterocycles. The van der Waals surface area contributed by atoms with Crippen molar-refractivity contribution >= 4 is 0 Å². The second-order valence-corrected chi connectivity index (χ2v) is 6.13. The van der Waals surface area contributed by atoms with Gasteiger partial charge in [0, 0.05) is 31.0 Å². The summed E-state index contributed by atoms with van der Waals surface area (Å²) in [5, 5.41) is 3.53. The summed E-state index contributed by atoms with van der Waals surface area (Å²) in [6, 6.07) is 4.92. The number of rotatable bonds is 10. The van der Waals surface area contributed by atoms with E-state index in [9.17, 15) is 0 Å². The summed E-state index contributed by atoms with van der Waals surface area (Å²) >= 11 is 0. The second kappa shape index (κ2) is 8.35. The van der Waals surface area contributed by atoms with Crippen molar-refractivity contribution < 1.29 is 9.47 Å². The highest BCUT2D eigenvalue weighted by molar-refractivity contribution is 5.25. The van der Waals surface area contributed by atoms with Gasteiger partial charge in [0.1, 0.15) is 6.61 Å². The number of aryl methyl sites for hydroxylation is 1. The van der Waals surface area contributed by atoms with Crippen LogP contribution in [0.4, 0.5) is 0 Å². The van der Waals surface area contributed by atoms with Crippen molar-refractivity contribution in [2.24, 2.45) is 5.92 Å². The number of ether oxygens (including phenoxy) is 2. The highest BCUT2D eigenvalue weighted by Crippen LogP contribution is 2.20. The van der Waals surface area contributed by atoms with Gasteiger partial charge in [-0.05, 0) is 36.8 Å². The average Bonchev–Trinajstić information content (AvgIpc) is 3.28. The van der Waals surface area contributed by atoms with Crippen molar-refractivity contribution in [3.8, 4) is 5.88 Å². The quantitative estimate of drug-likeness (QED) is 0.673. The Labute approximate surface area is 128 Å². The summed E-state index contributed by atoms with van der Waals surface area (Å²) in [6.45, 7) is 9.27. The molecular weight excluding hydrogens is 264 g/mol. The van der Waals surface area contributed by atoms with Gasteiger partial charge in [0.25, 0.3) is 0 Å². The standard InChI is InChI=1S/C17H28N2O2/c1-4-15-9-14(11-18-16-5-6-16)10-17(19-15)21-8-7-20-12-13(2)3/h9-10,13,16,18H,4-8,11-12H2,1-3H3. The number of pyridine rings is 1. The first kappa shape index (κ1) is 16.2. The van der Waals surface area contributed by atoms with Crippen LogP contribution >= 0.6 is 0 Å². The molecule has 1 aromatic heterocycles. The van der Waals surface area contributed by atoms with Crippen LogP contribution in [0, 0.1) is 5.92 Å². The average molecular weight is 292 g/mol. The molecule has 4 heteroatoms. The van der Waals surface area contributed by atoms with Gasteiger partial charge >= 0.3 is 0 Å². The van der Waals surface area contributed by atoms with Crippen LogP contribution in [0.25, 0.3) is 0 Å². The molecule has 1 aromatic rings. The van der Waals surface area contributed by atoms with E-state index in [0.717, 1.165) is 37.2 Å². The van der Waals surface area contributed by atoms with Crippen molar-refractivity contribution in [2.45, 2.75) is 52.6 Å². The predicted octanol–water partition coefficient (Wildman–Crippen LogP) is 2.95. The zero-order valence-electron chi connectivity index (χ0n) is 13.5. The molecule has 0 amide bonds. The molecule has 0 saturated heterocycles. The van der Waals surface area contributed by atoms with Gasteiger partial charge in [-0.1, -0.05) is 20.8 Å². The molecule has 0 atom stereocenters. The van der Waals surface area contributed by atoms with E-state index in [4.69, 9.17) is 9.47 Å². The van der Waals surface area contributed by atoms with E-state index in [-0.39, 0.29) is 0 Å². The van der Waals surface area contributed by atoms with Crippen LogP contribution in [-0.4, -0.2) is 30.8 Å². The first-order valence-corrected chi connectivity index (χ1v) is 8.11. The largest absolute Gasteiger partial charge is 0.475 e. The molecule has 1 aliphatic carbocycles. The lowest BCUT2D eigenvalue weighted by molar-refractivity contribution is 0.0805. The third kappa shape index (κ3) is 6.44. The number of nitrogens with one attached hydrogen (secondary N) is 1. The maximum atomic E-state index is 5.73. The molecule has 2 rings (SSSR count). The monoisotopic (exact) mass is 292 g/mol. The predicted molar refractivity (Wildman–Crippen MR) is 84.6 cm³/mol. The molecule has 1 aliphatic rings. The van der Waals surface area contributed by atoms with Crippen LogP contribution in [0.5, 0.6) is 5.88 Å². The fourth-order valence-electron chi connectivity index (χ4n) is 2.05. The molecular formula is C17H28N2O2. The molecule has 1 fully saturated rings. The van der Waals surface area contributed by atoms with E-state index in [2.05, 4.69) is 37.1 Å². The Morgan fingerprint density at radius 1 is 1.29 bits per heavy atom. The molecule has 4 nitrogen and oxygen atoms in total. The zero-order valence-corrected chi connectivity index (χ0v) is 13.5. The summed E-state index contributed by atoms with van der Waals surface area (Å²) < 4.78 is 11.3. The van der Waals surface area contributed by atoms with E-state index in [1.807, 2.05) is 6.07 Å². The van der Waals surface area contributed by atoms with Gasteiger partial charge in [0.2, 0.25) is 5.88 Å². The molecule has 0 radical (unpaired) electrons. The normalized spacial score (nSPS) is 14.7. The van der Waals surface area contributed by atoms with Gasteiger partial charge in [-0.2, -0.15) is 0 Å². The van der Waals surface area contributed by atoms with Crippen LogP contribution in [0.15, 0.2) is 12.1 Å². The lowest BCUT2D eigenvalue weighted by Crippen LogP contribution is -2.16. The molecule has 21 heavy (non-hydrogen) atoms. The summed E-state index contributed by atoms with van der Waals surface area (Å²) in [4.78, 5) is 4.52. The smallest absolute Gasteiger partial charge is 0.213 e. The molecule has 0 unspecified atom stereocenters. The van der Waals surface area contributed by atoms with E-state index in [1.165, 1.54) is 18.4 Å². The Morgan fingerprint density at radius 3 is 2.76 bits per heavy atom. The molecule has 0 bridgehead atoms. The SMILES string of the molecule is CCc1cc(CNC2CC2)cc(OCCOCC(C)C)n1. The summed E-state index contributed by atoms with van der Waals surface area (Å²) in [7, 11) is 0. The molecule has 0 aliphatic heterocycles. The Morgan fingerprint density at radius 2 is 2.10 bits per heavy atom. The highest BCUT2D eigenvalue weighted by atomic mass is 16.5. The highest BCUT2D eigenvalue weighted by Gasteiger charge is 2.20. The zero-order chi connectivity index (χ0) is 15.1. The van der Waals surface area contributed by atoms with Crippen LogP contribution in [0.3, 0.4) is 0 Å². The summed E-state index contributed by atoms with van der Waals surface area (Å²) in [5.41, 5.74) is 2.34. The molecule has 118 valence electrons. The maximum absolute atomic E-state index is 5.73. The minimum Gasteiger partial charge on any atom is -0.475 e. The van der Waals surface area contributed by atoms with Gasteiger partial charge < -0.3 is 14.8 Å². The summed E-state index contributed by atoms with van der Waals surface area (Å²) in [6.07, 6.45) is 3.54. The van der Waals surface area contributed by atoms with Crippen molar-refractivity contribution in [1.82, 2.24) is 10.3 Å². The van der Waals surface area contributed by atoms with Crippen molar-refractivity contribution in [1.29, 1.82) is 0 Å².